The number of aromatic amines is 1. The van der Waals surface area contributed by atoms with E-state index in [4.69, 9.17) is 27.9 Å². The van der Waals surface area contributed by atoms with Crippen LogP contribution in [0.1, 0.15) is 18.9 Å². The number of hydrogen-bond donors (Lipinski definition) is 1. The van der Waals surface area contributed by atoms with Crippen molar-refractivity contribution in [2.45, 2.75) is 19.4 Å². The van der Waals surface area contributed by atoms with Gasteiger partial charge in [0.2, 0.25) is 0 Å². The normalized spacial score (nSPS) is 16.9. The number of anilines is 1. The highest BCUT2D eigenvalue weighted by atomic mass is 35.5. The first kappa shape index (κ1) is 19.2. The van der Waals surface area contributed by atoms with Crippen molar-refractivity contribution in [2.75, 3.05) is 24.6 Å². The summed E-state index contributed by atoms with van der Waals surface area (Å²) >= 11 is 14.1. The maximum atomic E-state index is 10.1. The molecule has 1 aliphatic rings. The van der Waals surface area contributed by atoms with Gasteiger partial charge in [-0.1, -0.05) is 36.2 Å². The van der Waals surface area contributed by atoms with Gasteiger partial charge in [-0.2, -0.15) is 10.4 Å². The molecule has 4 rings (SSSR count). The molecule has 3 aromatic rings. The van der Waals surface area contributed by atoms with Crippen LogP contribution in [-0.2, 0) is 4.74 Å². The molecule has 1 fully saturated rings. The minimum absolute atomic E-state index is 0.152. The molecule has 9 heteroatoms. The Morgan fingerprint density at radius 3 is 2.96 bits per heavy atom. The molecular formula is C19H17Cl2N5OS. The van der Waals surface area contributed by atoms with E-state index in [1.807, 2.05) is 6.07 Å². The summed E-state index contributed by atoms with van der Waals surface area (Å²) in [5.74, 6) is 0.606. The van der Waals surface area contributed by atoms with Gasteiger partial charge in [-0.25, -0.2) is 4.98 Å². The fourth-order valence-corrected chi connectivity index (χ4v) is 5.08. The lowest BCUT2D eigenvalue weighted by molar-refractivity contribution is 0.0386. The highest BCUT2D eigenvalue weighted by molar-refractivity contribution is 7.20. The molecule has 1 saturated heterocycles. The van der Waals surface area contributed by atoms with Crippen molar-refractivity contribution in [1.82, 2.24) is 15.2 Å². The molecule has 1 unspecified atom stereocenters. The molecule has 1 aromatic carbocycles. The Morgan fingerprint density at radius 2 is 2.29 bits per heavy atom. The van der Waals surface area contributed by atoms with Crippen LogP contribution in [0.15, 0.2) is 24.5 Å². The van der Waals surface area contributed by atoms with Gasteiger partial charge in [-0.3, -0.25) is 5.10 Å². The van der Waals surface area contributed by atoms with E-state index in [9.17, 15) is 5.26 Å². The van der Waals surface area contributed by atoms with E-state index >= 15 is 0 Å². The van der Waals surface area contributed by atoms with E-state index < -0.39 is 0 Å². The summed E-state index contributed by atoms with van der Waals surface area (Å²) in [4.78, 5) is 7.35. The third-order valence-electron chi connectivity index (χ3n) is 4.71. The molecule has 0 saturated carbocycles. The Morgan fingerprint density at radius 1 is 1.43 bits per heavy atom. The standard InChI is InChI=1S/C19H17Cl2N5OS/c1-2-12-9-26(5-6-27-12)19-14(8-22)16(13-4-3-11(20)7-15(13)21)17(28-19)18-23-10-24-25-18/h3-4,7,10,12H,2,5-6,9H2,1H3,(H,23,24,25). The van der Waals surface area contributed by atoms with Gasteiger partial charge in [-0.05, 0) is 18.6 Å². The van der Waals surface area contributed by atoms with Crippen molar-refractivity contribution in [3.05, 3.63) is 40.1 Å². The minimum Gasteiger partial charge on any atom is -0.375 e. The van der Waals surface area contributed by atoms with Crippen LogP contribution in [0.5, 0.6) is 0 Å². The van der Waals surface area contributed by atoms with Crippen LogP contribution in [0.2, 0.25) is 10.0 Å². The number of morpholine rings is 1. The number of nitriles is 1. The maximum absolute atomic E-state index is 10.1. The summed E-state index contributed by atoms with van der Waals surface area (Å²) < 4.78 is 5.79. The molecule has 3 heterocycles. The van der Waals surface area contributed by atoms with Gasteiger partial charge in [0, 0.05) is 34.3 Å². The number of ether oxygens (including phenoxy) is 1. The fraction of sp³-hybridized carbons (Fsp3) is 0.316. The van der Waals surface area contributed by atoms with E-state index in [0.717, 1.165) is 40.5 Å². The lowest BCUT2D eigenvalue weighted by atomic mass is 10.0. The van der Waals surface area contributed by atoms with Crippen LogP contribution in [0.25, 0.3) is 21.8 Å². The quantitative estimate of drug-likeness (QED) is 0.626. The molecule has 0 aliphatic carbocycles. The second-order valence-corrected chi connectivity index (χ2v) is 8.25. The number of aromatic nitrogens is 3. The smallest absolute Gasteiger partial charge is 0.166 e. The van der Waals surface area contributed by atoms with Gasteiger partial charge in [0.15, 0.2) is 5.82 Å². The third kappa shape index (κ3) is 3.49. The van der Waals surface area contributed by atoms with Crippen molar-refractivity contribution in [1.29, 1.82) is 5.26 Å². The number of thiophene rings is 1. The van der Waals surface area contributed by atoms with E-state index in [2.05, 4.69) is 33.1 Å². The van der Waals surface area contributed by atoms with Crippen molar-refractivity contribution < 1.29 is 4.74 Å². The number of benzene rings is 1. The molecule has 2 aromatic heterocycles. The zero-order chi connectivity index (χ0) is 19.7. The number of nitrogens with one attached hydrogen (secondary N) is 1. The molecule has 28 heavy (non-hydrogen) atoms. The van der Waals surface area contributed by atoms with Crippen LogP contribution in [0.3, 0.4) is 0 Å². The van der Waals surface area contributed by atoms with E-state index in [1.54, 1.807) is 12.1 Å². The molecule has 0 spiro atoms. The largest absolute Gasteiger partial charge is 0.375 e. The first-order valence-corrected chi connectivity index (χ1v) is 10.4. The molecule has 0 amide bonds. The second-order valence-electron chi connectivity index (χ2n) is 6.40. The molecule has 144 valence electrons. The fourth-order valence-electron chi connectivity index (χ4n) is 3.33. The van der Waals surface area contributed by atoms with Crippen LogP contribution < -0.4 is 4.90 Å². The summed E-state index contributed by atoms with van der Waals surface area (Å²) in [7, 11) is 0. The van der Waals surface area contributed by atoms with Gasteiger partial charge in [-0.15, -0.1) is 11.3 Å². The Balaban J connectivity index is 1.91. The molecule has 6 nitrogen and oxygen atoms in total. The van der Waals surface area contributed by atoms with Crippen LogP contribution >= 0.6 is 34.5 Å². The molecule has 0 bridgehead atoms. The molecule has 1 N–H and O–H groups in total. The molecule has 1 aliphatic heterocycles. The summed E-state index contributed by atoms with van der Waals surface area (Å²) in [6.07, 6.45) is 2.53. The highest BCUT2D eigenvalue weighted by Crippen LogP contribution is 2.48. The number of halogens is 2. The van der Waals surface area contributed by atoms with Gasteiger partial charge >= 0.3 is 0 Å². The van der Waals surface area contributed by atoms with E-state index in [-0.39, 0.29) is 6.10 Å². The predicted molar refractivity (Wildman–Crippen MR) is 112 cm³/mol. The van der Waals surface area contributed by atoms with Gasteiger partial charge < -0.3 is 9.64 Å². The van der Waals surface area contributed by atoms with Gasteiger partial charge in [0.05, 0.1) is 23.2 Å². The van der Waals surface area contributed by atoms with E-state index in [0.29, 0.717) is 28.0 Å². The van der Waals surface area contributed by atoms with Crippen molar-refractivity contribution in [2.24, 2.45) is 0 Å². The van der Waals surface area contributed by atoms with Gasteiger partial charge in [0.25, 0.3) is 0 Å². The third-order valence-corrected chi connectivity index (χ3v) is 6.52. The van der Waals surface area contributed by atoms with Crippen molar-refractivity contribution in [3.8, 4) is 27.9 Å². The summed E-state index contributed by atoms with van der Waals surface area (Å²) in [5, 5.41) is 18.9. The SMILES string of the molecule is CCC1CN(c2sc(-c3ncn[nH]3)c(-c3ccc(Cl)cc3Cl)c2C#N)CCO1. The molecule has 1 atom stereocenters. The first-order valence-electron chi connectivity index (χ1n) is 8.87. The zero-order valence-corrected chi connectivity index (χ0v) is 17.4. The Hall–Kier alpha value is -2.11. The van der Waals surface area contributed by atoms with Crippen molar-refractivity contribution >= 4 is 39.5 Å². The van der Waals surface area contributed by atoms with Crippen molar-refractivity contribution in [3.63, 3.8) is 0 Å². The first-order chi connectivity index (χ1) is 13.6. The minimum atomic E-state index is 0.152. The average molecular weight is 434 g/mol. The predicted octanol–water partition coefficient (Wildman–Crippen LogP) is 4.99. The molecule has 0 radical (unpaired) electrons. The topological polar surface area (TPSA) is 77.8 Å². The number of rotatable bonds is 4. The number of nitrogens with zero attached hydrogens (tertiary/aromatic N) is 4. The monoisotopic (exact) mass is 433 g/mol. The summed E-state index contributed by atoms with van der Waals surface area (Å²) in [6.45, 7) is 4.22. The average Bonchev–Trinajstić information content (AvgIpc) is 3.35. The number of H-pyrrole nitrogens is 1. The zero-order valence-electron chi connectivity index (χ0n) is 15.1. The lowest BCUT2D eigenvalue weighted by Gasteiger charge is -2.33. The Kier molecular flexibility index (Phi) is 5.56. The van der Waals surface area contributed by atoms with Gasteiger partial charge in [0.1, 0.15) is 17.4 Å². The van der Waals surface area contributed by atoms with Crippen LogP contribution in [0, 0.1) is 11.3 Å². The maximum Gasteiger partial charge on any atom is 0.166 e. The lowest BCUT2D eigenvalue weighted by Crippen LogP contribution is -2.42. The van der Waals surface area contributed by atoms with Crippen LogP contribution in [-0.4, -0.2) is 41.0 Å². The summed E-state index contributed by atoms with van der Waals surface area (Å²) in [6, 6.07) is 7.68. The number of hydrogen-bond acceptors (Lipinski definition) is 6. The second kappa shape index (κ2) is 8.10. The Labute approximate surface area is 176 Å². The van der Waals surface area contributed by atoms with E-state index in [1.165, 1.54) is 17.7 Å². The highest BCUT2D eigenvalue weighted by Gasteiger charge is 2.29. The van der Waals surface area contributed by atoms with Crippen LogP contribution in [0.4, 0.5) is 5.00 Å². The molecular weight excluding hydrogens is 417 g/mol. The Bertz CT molecular complexity index is 1030. The summed E-state index contributed by atoms with van der Waals surface area (Å²) in [5.41, 5.74) is 2.08.